The minimum Gasteiger partial charge on any atom is -0.469 e. The van der Waals surface area contributed by atoms with E-state index in [0.29, 0.717) is 11.5 Å². The Hall–Kier alpha value is -3.61. The fraction of sp³-hybridized carbons (Fsp3) is 0.261. The van der Waals surface area contributed by atoms with Gasteiger partial charge in [0.2, 0.25) is 13.6 Å². The van der Waals surface area contributed by atoms with E-state index >= 15 is 0 Å². The summed E-state index contributed by atoms with van der Waals surface area (Å²) in [6, 6.07) is 11.9. The first-order valence-electron chi connectivity index (χ1n) is 9.74. The van der Waals surface area contributed by atoms with Gasteiger partial charge in [0.05, 0.1) is 25.3 Å². The molecule has 6 rings (SSSR count). The molecule has 3 aliphatic heterocycles. The first-order chi connectivity index (χ1) is 14.7. The second-order valence-corrected chi connectivity index (χ2v) is 7.56. The van der Waals surface area contributed by atoms with E-state index in [1.54, 1.807) is 0 Å². The molecule has 7 nitrogen and oxygen atoms in total. The zero-order valence-electron chi connectivity index (χ0n) is 16.6. The van der Waals surface area contributed by atoms with Crippen molar-refractivity contribution in [3.8, 4) is 34.1 Å². The molecule has 0 saturated carbocycles. The minimum atomic E-state index is -0.282. The van der Waals surface area contributed by atoms with Gasteiger partial charge in [-0.15, -0.1) is 0 Å². The molecule has 0 radical (unpaired) electrons. The van der Waals surface area contributed by atoms with Crippen LogP contribution < -0.4 is 23.8 Å². The van der Waals surface area contributed by atoms with Gasteiger partial charge in [-0.1, -0.05) is 12.1 Å². The maximum atomic E-state index is 12.3. The lowest BCUT2D eigenvalue weighted by molar-refractivity contribution is -0.141. The molecule has 7 heteroatoms. The molecule has 0 amide bonds. The first-order valence-corrected chi connectivity index (χ1v) is 9.74. The van der Waals surface area contributed by atoms with E-state index in [-0.39, 0.29) is 32.0 Å². The van der Waals surface area contributed by atoms with Crippen molar-refractivity contribution >= 4 is 22.4 Å². The summed E-state index contributed by atoms with van der Waals surface area (Å²) in [6.07, 6.45) is 0.195. The number of methoxy groups -OCH3 is 1. The number of nitrogens with zero attached hydrogens (tertiary/aromatic N) is 1. The lowest BCUT2D eigenvalue weighted by Crippen LogP contribution is -2.31. The van der Waals surface area contributed by atoms with Crippen molar-refractivity contribution in [3.63, 3.8) is 0 Å². The molecule has 3 heterocycles. The molecular weight excluding hydrogens is 386 g/mol. The summed E-state index contributed by atoms with van der Waals surface area (Å²) in [5, 5.41) is 2.09. The van der Waals surface area contributed by atoms with Gasteiger partial charge in [0.25, 0.3) is 0 Å². The molecule has 0 N–H and O–H groups in total. The van der Waals surface area contributed by atoms with E-state index in [1.807, 2.05) is 31.3 Å². The van der Waals surface area contributed by atoms with E-state index in [1.165, 1.54) is 7.11 Å². The van der Waals surface area contributed by atoms with Crippen LogP contribution in [0.3, 0.4) is 0 Å². The number of esters is 1. The molecule has 30 heavy (non-hydrogen) atoms. The third-order valence-electron chi connectivity index (χ3n) is 6.09. The van der Waals surface area contributed by atoms with Crippen LogP contribution in [0.2, 0.25) is 0 Å². The van der Waals surface area contributed by atoms with Crippen LogP contribution in [0, 0.1) is 0 Å². The Kier molecular flexibility index (Phi) is 3.56. The molecule has 0 saturated heterocycles. The van der Waals surface area contributed by atoms with Crippen molar-refractivity contribution in [1.82, 2.24) is 0 Å². The standard InChI is InChI=1S/C23H19NO6/c1-24-16(9-20(25)26-2)21-13(5-6-17-23(21)30-11-27-17)14-4-3-12-7-18-19(29-10-28-18)8-15(12)22(14)24/h3-8,16H,9-11H2,1-2H3/t16-/m1/s1. The first kappa shape index (κ1) is 17.3. The number of hydrogen-bond donors (Lipinski definition) is 0. The lowest BCUT2D eigenvalue weighted by atomic mass is 9.84. The van der Waals surface area contributed by atoms with E-state index in [0.717, 1.165) is 44.6 Å². The Morgan fingerprint density at radius 3 is 2.57 bits per heavy atom. The number of rotatable bonds is 2. The molecule has 152 valence electrons. The predicted octanol–water partition coefficient (Wildman–Crippen LogP) is 4.02. The van der Waals surface area contributed by atoms with Crippen LogP contribution in [0.5, 0.6) is 23.0 Å². The largest absolute Gasteiger partial charge is 0.469 e. The number of hydrogen-bond acceptors (Lipinski definition) is 7. The second-order valence-electron chi connectivity index (χ2n) is 7.56. The van der Waals surface area contributed by atoms with Gasteiger partial charge in [-0.05, 0) is 35.2 Å². The number of fused-ring (bicyclic) bond motifs is 8. The van der Waals surface area contributed by atoms with E-state index in [4.69, 9.17) is 23.7 Å². The number of carbonyl (C=O) groups is 1. The predicted molar refractivity (Wildman–Crippen MR) is 109 cm³/mol. The summed E-state index contributed by atoms with van der Waals surface area (Å²) in [5.41, 5.74) is 4.08. The van der Waals surface area contributed by atoms with E-state index in [9.17, 15) is 4.79 Å². The van der Waals surface area contributed by atoms with Crippen LogP contribution in [-0.4, -0.2) is 33.7 Å². The molecule has 0 aliphatic carbocycles. The number of ether oxygens (including phenoxy) is 5. The van der Waals surface area contributed by atoms with Crippen molar-refractivity contribution in [2.45, 2.75) is 12.5 Å². The van der Waals surface area contributed by atoms with Crippen LogP contribution in [0.25, 0.3) is 21.9 Å². The monoisotopic (exact) mass is 405 g/mol. The fourth-order valence-electron chi connectivity index (χ4n) is 4.68. The molecule has 3 aromatic carbocycles. The SMILES string of the molecule is COC(=O)C[C@@H]1c2c(ccc3c2OCO3)-c2ccc3cc4c(cc3c2N1C)OCO4. The topological polar surface area (TPSA) is 66.5 Å². The average molecular weight is 405 g/mol. The van der Waals surface area contributed by atoms with Crippen LogP contribution >= 0.6 is 0 Å². The summed E-state index contributed by atoms with van der Waals surface area (Å²) in [6.45, 7) is 0.398. The number of benzene rings is 3. The van der Waals surface area contributed by atoms with Crippen molar-refractivity contribution in [3.05, 3.63) is 42.0 Å². The molecule has 0 aromatic heterocycles. The lowest BCUT2D eigenvalue weighted by Gasteiger charge is -2.38. The zero-order valence-corrected chi connectivity index (χ0v) is 16.6. The molecule has 0 fully saturated rings. The van der Waals surface area contributed by atoms with E-state index in [2.05, 4.69) is 17.0 Å². The van der Waals surface area contributed by atoms with Crippen molar-refractivity contribution in [2.24, 2.45) is 0 Å². The number of anilines is 1. The Balaban J connectivity index is 1.64. The third kappa shape index (κ3) is 2.29. The molecule has 1 atom stereocenters. The number of carbonyl (C=O) groups excluding carboxylic acids is 1. The fourth-order valence-corrected chi connectivity index (χ4v) is 4.68. The molecule has 0 bridgehead atoms. The Morgan fingerprint density at radius 1 is 1.00 bits per heavy atom. The highest BCUT2D eigenvalue weighted by Gasteiger charge is 2.37. The van der Waals surface area contributed by atoms with Crippen LogP contribution in [0.15, 0.2) is 36.4 Å². The van der Waals surface area contributed by atoms with Crippen molar-refractivity contribution in [1.29, 1.82) is 0 Å². The highest BCUT2D eigenvalue weighted by atomic mass is 16.7. The normalized spacial score (nSPS) is 17.7. The highest BCUT2D eigenvalue weighted by Crippen LogP contribution is 2.55. The van der Waals surface area contributed by atoms with Gasteiger partial charge < -0.3 is 28.6 Å². The van der Waals surface area contributed by atoms with Gasteiger partial charge in [0.1, 0.15) is 0 Å². The summed E-state index contributed by atoms with van der Waals surface area (Å²) in [7, 11) is 3.40. The Labute approximate surface area is 172 Å². The highest BCUT2D eigenvalue weighted by molar-refractivity contribution is 6.06. The molecule has 3 aliphatic rings. The maximum Gasteiger partial charge on any atom is 0.307 e. The van der Waals surface area contributed by atoms with Gasteiger partial charge in [-0.25, -0.2) is 0 Å². The quantitative estimate of drug-likeness (QED) is 0.597. The van der Waals surface area contributed by atoms with Crippen molar-refractivity contribution in [2.75, 3.05) is 32.6 Å². The minimum absolute atomic E-state index is 0.175. The smallest absolute Gasteiger partial charge is 0.307 e. The van der Waals surface area contributed by atoms with Crippen LogP contribution in [-0.2, 0) is 9.53 Å². The average Bonchev–Trinajstić information content (AvgIpc) is 3.42. The Morgan fingerprint density at radius 2 is 1.73 bits per heavy atom. The maximum absolute atomic E-state index is 12.3. The molecule has 3 aromatic rings. The molecule has 0 unspecified atom stereocenters. The van der Waals surface area contributed by atoms with Gasteiger partial charge in [-0.2, -0.15) is 0 Å². The summed E-state index contributed by atoms with van der Waals surface area (Å²) < 4.78 is 27.6. The molecular formula is C23H19NO6. The third-order valence-corrected chi connectivity index (χ3v) is 6.09. The summed E-state index contributed by atoms with van der Waals surface area (Å²) in [4.78, 5) is 14.4. The van der Waals surface area contributed by atoms with Gasteiger partial charge in [0.15, 0.2) is 23.0 Å². The van der Waals surface area contributed by atoms with Crippen LogP contribution in [0.1, 0.15) is 18.0 Å². The van der Waals surface area contributed by atoms with Crippen molar-refractivity contribution < 1.29 is 28.5 Å². The second kappa shape index (κ2) is 6.19. The van der Waals surface area contributed by atoms with Gasteiger partial charge in [0, 0.05) is 23.6 Å². The molecule has 0 spiro atoms. The Bertz CT molecular complexity index is 1220. The summed E-state index contributed by atoms with van der Waals surface area (Å²) >= 11 is 0. The van der Waals surface area contributed by atoms with Gasteiger partial charge >= 0.3 is 5.97 Å². The van der Waals surface area contributed by atoms with E-state index < -0.39 is 0 Å². The van der Waals surface area contributed by atoms with Crippen LogP contribution in [0.4, 0.5) is 5.69 Å². The summed E-state index contributed by atoms with van der Waals surface area (Å²) in [5.74, 6) is 2.59. The van der Waals surface area contributed by atoms with Gasteiger partial charge in [-0.3, -0.25) is 4.79 Å². The zero-order chi connectivity index (χ0) is 20.4.